The van der Waals surface area contributed by atoms with E-state index in [0.29, 0.717) is 13.0 Å². The average molecular weight is 208 g/mol. The van der Waals surface area contributed by atoms with Crippen molar-refractivity contribution in [2.24, 2.45) is 10.9 Å². The molecule has 82 valence electrons. The van der Waals surface area contributed by atoms with Crippen LogP contribution in [0.3, 0.4) is 0 Å². The van der Waals surface area contributed by atoms with E-state index in [4.69, 9.17) is 10.9 Å². The van der Waals surface area contributed by atoms with Gasteiger partial charge in [-0.15, -0.1) is 0 Å². The number of nitrogens with two attached hydrogens (primary N) is 1. The quantitative estimate of drug-likeness (QED) is 0.334. The largest absolute Gasteiger partial charge is 0.409 e. The van der Waals surface area contributed by atoms with Gasteiger partial charge in [0, 0.05) is 38.1 Å². The molecule has 1 aromatic heterocycles. The number of pyridine rings is 1. The third kappa shape index (κ3) is 3.12. The van der Waals surface area contributed by atoms with E-state index in [-0.39, 0.29) is 5.84 Å². The standard InChI is InChI=1S/C10H16N4O/c1-8-7-12-5-3-9(8)14(2)6-4-10(11)13-15/h3,5,7,15H,4,6H2,1-2H3,(H2,11,13). The maximum Gasteiger partial charge on any atom is 0.140 e. The minimum atomic E-state index is 0.244. The Hall–Kier alpha value is -1.78. The molecule has 3 N–H and O–H groups in total. The highest BCUT2D eigenvalue weighted by atomic mass is 16.4. The number of nitrogens with zero attached hydrogens (tertiary/aromatic N) is 3. The highest BCUT2D eigenvalue weighted by molar-refractivity contribution is 5.80. The zero-order valence-corrected chi connectivity index (χ0v) is 9.01. The summed E-state index contributed by atoms with van der Waals surface area (Å²) >= 11 is 0. The molecule has 5 heteroatoms. The Morgan fingerprint density at radius 3 is 3.00 bits per heavy atom. The molecule has 0 spiro atoms. The molecule has 0 saturated heterocycles. The Morgan fingerprint density at radius 1 is 1.67 bits per heavy atom. The predicted molar refractivity (Wildman–Crippen MR) is 60.3 cm³/mol. The zero-order valence-electron chi connectivity index (χ0n) is 9.01. The van der Waals surface area contributed by atoms with Crippen molar-refractivity contribution in [3.8, 4) is 0 Å². The molecule has 1 rings (SSSR count). The van der Waals surface area contributed by atoms with Gasteiger partial charge < -0.3 is 15.8 Å². The molecule has 0 aliphatic carbocycles. The first kappa shape index (κ1) is 11.3. The Kier molecular flexibility index (Phi) is 3.91. The molecule has 5 nitrogen and oxygen atoms in total. The second kappa shape index (κ2) is 5.19. The third-order valence-corrected chi connectivity index (χ3v) is 2.23. The topological polar surface area (TPSA) is 74.7 Å². The average Bonchev–Trinajstić information content (AvgIpc) is 2.26. The van der Waals surface area contributed by atoms with Crippen LogP contribution in [0.5, 0.6) is 0 Å². The van der Waals surface area contributed by atoms with Crippen molar-refractivity contribution >= 4 is 11.5 Å². The second-order valence-corrected chi connectivity index (χ2v) is 3.43. The van der Waals surface area contributed by atoms with Crippen LogP contribution < -0.4 is 10.6 Å². The lowest BCUT2D eigenvalue weighted by Gasteiger charge is -2.20. The van der Waals surface area contributed by atoms with Crippen LogP contribution in [0.25, 0.3) is 0 Å². The van der Waals surface area contributed by atoms with Gasteiger partial charge in [-0.3, -0.25) is 4.98 Å². The summed E-state index contributed by atoms with van der Waals surface area (Å²) < 4.78 is 0. The molecule has 0 atom stereocenters. The van der Waals surface area contributed by atoms with Crippen LogP contribution in [0, 0.1) is 6.92 Å². The molecule has 0 radical (unpaired) electrons. The molecule has 0 fully saturated rings. The summed E-state index contributed by atoms with van der Waals surface area (Å²) in [5.41, 5.74) is 7.62. The van der Waals surface area contributed by atoms with Crippen LogP contribution in [-0.4, -0.2) is 29.6 Å². The van der Waals surface area contributed by atoms with Gasteiger partial charge in [0.1, 0.15) is 5.84 Å². The molecule has 15 heavy (non-hydrogen) atoms. The van der Waals surface area contributed by atoms with Crippen molar-refractivity contribution in [1.82, 2.24) is 4.98 Å². The van der Waals surface area contributed by atoms with E-state index in [9.17, 15) is 0 Å². The van der Waals surface area contributed by atoms with Crippen LogP contribution in [0.1, 0.15) is 12.0 Å². The fourth-order valence-electron chi connectivity index (χ4n) is 1.35. The molecule has 0 bridgehead atoms. The molecule has 0 saturated carbocycles. The van der Waals surface area contributed by atoms with Gasteiger partial charge in [0.05, 0.1) is 0 Å². The number of oxime groups is 1. The summed E-state index contributed by atoms with van der Waals surface area (Å²) in [5.74, 6) is 0.244. The van der Waals surface area contributed by atoms with E-state index >= 15 is 0 Å². The molecule has 0 unspecified atom stereocenters. The summed E-state index contributed by atoms with van der Waals surface area (Å²) in [6, 6.07) is 1.95. The maximum absolute atomic E-state index is 8.41. The van der Waals surface area contributed by atoms with Crippen molar-refractivity contribution in [3.63, 3.8) is 0 Å². The van der Waals surface area contributed by atoms with Crippen LogP contribution in [-0.2, 0) is 0 Å². The molecule has 0 aromatic carbocycles. The fourth-order valence-corrected chi connectivity index (χ4v) is 1.35. The van der Waals surface area contributed by atoms with Gasteiger partial charge in [0.25, 0.3) is 0 Å². The monoisotopic (exact) mass is 208 g/mol. The number of aryl methyl sites for hydroxylation is 1. The van der Waals surface area contributed by atoms with E-state index in [1.165, 1.54) is 0 Å². The van der Waals surface area contributed by atoms with Crippen LogP contribution >= 0.6 is 0 Å². The van der Waals surface area contributed by atoms with E-state index in [1.807, 2.05) is 26.2 Å². The summed E-state index contributed by atoms with van der Waals surface area (Å²) in [6.45, 7) is 2.71. The minimum absolute atomic E-state index is 0.244. The summed E-state index contributed by atoms with van der Waals surface area (Å²) in [5, 5.41) is 11.3. The highest BCUT2D eigenvalue weighted by Gasteiger charge is 2.04. The van der Waals surface area contributed by atoms with Crippen LogP contribution in [0.15, 0.2) is 23.6 Å². The van der Waals surface area contributed by atoms with Gasteiger partial charge in [-0.05, 0) is 18.6 Å². The molecule has 1 aromatic rings. The third-order valence-electron chi connectivity index (χ3n) is 2.23. The summed E-state index contributed by atoms with van der Waals surface area (Å²) in [7, 11) is 1.97. The van der Waals surface area contributed by atoms with Gasteiger partial charge in [-0.25, -0.2) is 0 Å². The van der Waals surface area contributed by atoms with Gasteiger partial charge in [0.15, 0.2) is 0 Å². The molecule has 1 heterocycles. The van der Waals surface area contributed by atoms with Gasteiger partial charge in [-0.2, -0.15) is 0 Å². The fraction of sp³-hybridized carbons (Fsp3) is 0.400. The number of rotatable bonds is 4. The molecular weight excluding hydrogens is 192 g/mol. The van der Waals surface area contributed by atoms with Crippen molar-refractivity contribution in [2.45, 2.75) is 13.3 Å². The molecular formula is C10H16N4O. The Bertz CT molecular complexity index is 351. The first-order valence-electron chi connectivity index (χ1n) is 4.73. The van der Waals surface area contributed by atoms with Gasteiger partial charge in [-0.1, -0.05) is 5.16 Å². The first-order chi connectivity index (χ1) is 7.15. The normalized spacial score (nSPS) is 11.5. The van der Waals surface area contributed by atoms with Crippen molar-refractivity contribution in [3.05, 3.63) is 24.0 Å². The molecule has 0 aliphatic heterocycles. The lowest BCUT2D eigenvalue weighted by molar-refractivity contribution is 0.317. The van der Waals surface area contributed by atoms with Crippen molar-refractivity contribution in [1.29, 1.82) is 0 Å². The number of hydrogen-bond acceptors (Lipinski definition) is 4. The van der Waals surface area contributed by atoms with Crippen molar-refractivity contribution in [2.75, 3.05) is 18.5 Å². The Balaban J connectivity index is 2.61. The summed E-state index contributed by atoms with van der Waals surface area (Å²) in [4.78, 5) is 6.07. The van der Waals surface area contributed by atoms with Gasteiger partial charge >= 0.3 is 0 Å². The van der Waals surface area contributed by atoms with Gasteiger partial charge in [0.2, 0.25) is 0 Å². The smallest absolute Gasteiger partial charge is 0.140 e. The lowest BCUT2D eigenvalue weighted by atomic mass is 10.2. The number of amidine groups is 1. The number of aromatic nitrogens is 1. The number of anilines is 1. The summed E-state index contributed by atoms with van der Waals surface area (Å²) in [6.07, 6.45) is 4.10. The first-order valence-corrected chi connectivity index (χ1v) is 4.73. The highest BCUT2D eigenvalue weighted by Crippen LogP contribution is 2.16. The number of hydrogen-bond donors (Lipinski definition) is 2. The molecule has 0 aliphatic rings. The SMILES string of the molecule is Cc1cnccc1N(C)CCC(N)=NO. The zero-order chi connectivity index (χ0) is 11.3. The van der Waals surface area contributed by atoms with Crippen LogP contribution in [0.2, 0.25) is 0 Å². The van der Waals surface area contributed by atoms with E-state index in [2.05, 4.69) is 15.0 Å². The van der Waals surface area contributed by atoms with E-state index < -0.39 is 0 Å². The van der Waals surface area contributed by atoms with E-state index in [1.54, 1.807) is 6.20 Å². The maximum atomic E-state index is 8.41. The van der Waals surface area contributed by atoms with Crippen molar-refractivity contribution < 1.29 is 5.21 Å². The predicted octanol–water partition coefficient (Wildman–Crippen LogP) is 0.963. The van der Waals surface area contributed by atoms with Crippen LogP contribution in [0.4, 0.5) is 5.69 Å². The Morgan fingerprint density at radius 2 is 2.40 bits per heavy atom. The minimum Gasteiger partial charge on any atom is -0.409 e. The lowest BCUT2D eigenvalue weighted by Crippen LogP contribution is -2.24. The second-order valence-electron chi connectivity index (χ2n) is 3.43. The van der Waals surface area contributed by atoms with E-state index in [0.717, 1.165) is 11.3 Å². The Labute approximate surface area is 89.2 Å². The molecule has 0 amide bonds.